The molecule has 0 aromatic heterocycles. The molecule has 2 aromatic rings. The Kier molecular flexibility index (Phi) is 5.89. The van der Waals surface area contributed by atoms with Crippen LogP contribution in [0.25, 0.3) is 10.8 Å². The van der Waals surface area contributed by atoms with Gasteiger partial charge in [0.1, 0.15) is 0 Å². The van der Waals surface area contributed by atoms with E-state index < -0.39 is 0 Å². The summed E-state index contributed by atoms with van der Waals surface area (Å²) in [5.74, 6) is 1.04. The van der Waals surface area contributed by atoms with Gasteiger partial charge in [-0.15, -0.1) is 23.2 Å². The molecule has 0 aliphatic heterocycles. The standard InChI is InChI=1S/C15H16Cl2N2S/c16-8-10-19(11-9-17)15(20)18-14-7-3-5-12-4-1-2-6-13(12)14/h1-7H,8-11H2,(H,18,20). The number of hydrogen-bond donors (Lipinski definition) is 1. The molecule has 0 amide bonds. The maximum absolute atomic E-state index is 5.80. The third-order valence-corrected chi connectivity index (χ3v) is 3.73. The van der Waals surface area contributed by atoms with Gasteiger partial charge in [0.05, 0.1) is 0 Å². The quantitative estimate of drug-likeness (QED) is 0.650. The molecule has 0 bridgehead atoms. The molecule has 0 fully saturated rings. The number of nitrogens with zero attached hydrogens (tertiary/aromatic N) is 1. The topological polar surface area (TPSA) is 15.3 Å². The first-order valence-electron chi connectivity index (χ1n) is 6.42. The van der Waals surface area contributed by atoms with Crippen molar-refractivity contribution in [2.24, 2.45) is 0 Å². The van der Waals surface area contributed by atoms with Gasteiger partial charge in [0.2, 0.25) is 0 Å². The van der Waals surface area contributed by atoms with Crippen molar-refractivity contribution in [3.63, 3.8) is 0 Å². The summed E-state index contributed by atoms with van der Waals surface area (Å²) >= 11 is 17.1. The summed E-state index contributed by atoms with van der Waals surface area (Å²) in [5, 5.41) is 6.28. The monoisotopic (exact) mass is 326 g/mol. The molecule has 5 heteroatoms. The normalized spacial score (nSPS) is 10.5. The van der Waals surface area contributed by atoms with Gasteiger partial charge >= 0.3 is 0 Å². The Labute approximate surface area is 134 Å². The van der Waals surface area contributed by atoms with E-state index in [0.29, 0.717) is 30.0 Å². The minimum atomic E-state index is 0.522. The molecular weight excluding hydrogens is 311 g/mol. The van der Waals surface area contributed by atoms with Crippen LogP contribution in [0, 0.1) is 0 Å². The number of alkyl halides is 2. The van der Waals surface area contributed by atoms with E-state index in [4.69, 9.17) is 35.4 Å². The summed E-state index contributed by atoms with van der Waals surface area (Å²) < 4.78 is 0. The van der Waals surface area contributed by atoms with Gasteiger partial charge in [-0.2, -0.15) is 0 Å². The van der Waals surface area contributed by atoms with Crippen LogP contribution in [0.3, 0.4) is 0 Å². The van der Waals surface area contributed by atoms with Crippen LogP contribution in [0.2, 0.25) is 0 Å². The number of rotatable bonds is 5. The van der Waals surface area contributed by atoms with Gasteiger partial charge in [0.15, 0.2) is 5.11 Å². The number of benzene rings is 2. The lowest BCUT2D eigenvalue weighted by Gasteiger charge is -2.24. The van der Waals surface area contributed by atoms with Gasteiger partial charge in [0.25, 0.3) is 0 Å². The van der Waals surface area contributed by atoms with Gasteiger partial charge in [-0.1, -0.05) is 36.4 Å². The molecule has 20 heavy (non-hydrogen) atoms. The van der Waals surface area contributed by atoms with Crippen LogP contribution in [0.5, 0.6) is 0 Å². The van der Waals surface area contributed by atoms with Crippen LogP contribution >= 0.6 is 35.4 Å². The fraction of sp³-hybridized carbons (Fsp3) is 0.267. The molecule has 2 nitrogen and oxygen atoms in total. The van der Waals surface area contributed by atoms with Crippen molar-refractivity contribution in [1.29, 1.82) is 0 Å². The Morgan fingerprint density at radius 1 is 1.00 bits per heavy atom. The highest BCUT2D eigenvalue weighted by atomic mass is 35.5. The maximum atomic E-state index is 5.80. The van der Waals surface area contributed by atoms with Crippen molar-refractivity contribution < 1.29 is 0 Å². The maximum Gasteiger partial charge on any atom is 0.173 e. The number of anilines is 1. The van der Waals surface area contributed by atoms with E-state index in [1.165, 1.54) is 5.39 Å². The summed E-state index contributed by atoms with van der Waals surface area (Å²) in [7, 11) is 0. The van der Waals surface area contributed by atoms with Crippen molar-refractivity contribution in [1.82, 2.24) is 4.90 Å². The van der Waals surface area contributed by atoms with Crippen LogP contribution in [-0.4, -0.2) is 34.9 Å². The lowest BCUT2D eigenvalue weighted by molar-refractivity contribution is 0.478. The van der Waals surface area contributed by atoms with Crippen molar-refractivity contribution in [3.8, 4) is 0 Å². The second kappa shape index (κ2) is 7.67. The molecular formula is C15H16Cl2N2S. The second-order valence-electron chi connectivity index (χ2n) is 4.32. The predicted octanol–water partition coefficient (Wildman–Crippen LogP) is 4.32. The van der Waals surface area contributed by atoms with E-state index >= 15 is 0 Å². The summed E-state index contributed by atoms with van der Waals surface area (Å²) in [4.78, 5) is 1.98. The fourth-order valence-electron chi connectivity index (χ4n) is 2.05. The van der Waals surface area contributed by atoms with E-state index in [9.17, 15) is 0 Å². The number of nitrogens with one attached hydrogen (secondary N) is 1. The SMILES string of the molecule is S=C(Nc1cccc2ccccc12)N(CCCl)CCCl. The predicted molar refractivity (Wildman–Crippen MR) is 93.2 cm³/mol. The van der Waals surface area contributed by atoms with Crippen LogP contribution in [0.1, 0.15) is 0 Å². The smallest absolute Gasteiger partial charge is 0.173 e. The highest BCUT2D eigenvalue weighted by molar-refractivity contribution is 7.80. The van der Waals surface area contributed by atoms with Crippen molar-refractivity contribution in [2.75, 3.05) is 30.2 Å². The minimum absolute atomic E-state index is 0.522. The van der Waals surface area contributed by atoms with E-state index in [1.54, 1.807) is 0 Å². The molecule has 106 valence electrons. The number of thiocarbonyl (C=S) groups is 1. The Balaban J connectivity index is 2.20. The summed E-state index contributed by atoms with van der Waals surface area (Å²) in [6.07, 6.45) is 0. The van der Waals surface area contributed by atoms with Gasteiger partial charge in [-0.05, 0) is 23.7 Å². The Hall–Kier alpha value is -1.03. The van der Waals surface area contributed by atoms with Crippen LogP contribution in [-0.2, 0) is 0 Å². The first kappa shape index (κ1) is 15.4. The third-order valence-electron chi connectivity index (χ3n) is 3.03. The minimum Gasteiger partial charge on any atom is -0.347 e. The van der Waals surface area contributed by atoms with E-state index in [1.807, 2.05) is 29.2 Å². The molecule has 0 unspecified atom stereocenters. The lowest BCUT2D eigenvalue weighted by Crippen LogP contribution is -2.37. The Bertz CT molecular complexity index is 578. The molecule has 0 saturated heterocycles. The Morgan fingerprint density at radius 2 is 1.65 bits per heavy atom. The Morgan fingerprint density at radius 3 is 2.35 bits per heavy atom. The molecule has 0 atom stereocenters. The number of fused-ring (bicyclic) bond motifs is 1. The van der Waals surface area contributed by atoms with Gasteiger partial charge < -0.3 is 10.2 Å². The first-order chi connectivity index (χ1) is 9.76. The summed E-state index contributed by atoms with van der Waals surface area (Å²) in [5.41, 5.74) is 1.00. The van der Waals surface area contributed by atoms with Crippen molar-refractivity contribution >= 4 is 57.0 Å². The highest BCUT2D eigenvalue weighted by Crippen LogP contribution is 2.23. The van der Waals surface area contributed by atoms with Gasteiger partial charge in [-0.25, -0.2) is 0 Å². The zero-order valence-corrected chi connectivity index (χ0v) is 13.3. The zero-order chi connectivity index (χ0) is 14.4. The number of hydrogen-bond acceptors (Lipinski definition) is 1. The third kappa shape index (κ3) is 3.75. The largest absolute Gasteiger partial charge is 0.347 e. The molecule has 0 heterocycles. The highest BCUT2D eigenvalue weighted by Gasteiger charge is 2.09. The molecule has 0 saturated carbocycles. The molecule has 2 rings (SSSR count). The van der Waals surface area contributed by atoms with Crippen LogP contribution in [0.4, 0.5) is 5.69 Å². The molecule has 0 aliphatic rings. The van der Waals surface area contributed by atoms with E-state index in [-0.39, 0.29) is 0 Å². The zero-order valence-electron chi connectivity index (χ0n) is 11.0. The average Bonchev–Trinajstić information content (AvgIpc) is 2.47. The van der Waals surface area contributed by atoms with Crippen molar-refractivity contribution in [3.05, 3.63) is 42.5 Å². The van der Waals surface area contributed by atoms with Crippen LogP contribution < -0.4 is 5.32 Å². The molecule has 0 aliphatic carbocycles. The van der Waals surface area contributed by atoms with E-state index in [0.717, 1.165) is 11.1 Å². The molecule has 0 radical (unpaired) electrons. The summed E-state index contributed by atoms with van der Waals surface area (Å²) in [6, 6.07) is 14.3. The first-order valence-corrected chi connectivity index (χ1v) is 7.89. The number of halogens is 2. The summed E-state index contributed by atoms with van der Waals surface area (Å²) in [6.45, 7) is 1.37. The molecule has 2 aromatic carbocycles. The second-order valence-corrected chi connectivity index (χ2v) is 5.46. The van der Waals surface area contributed by atoms with Crippen molar-refractivity contribution in [2.45, 2.75) is 0 Å². The van der Waals surface area contributed by atoms with Gasteiger partial charge in [0, 0.05) is 35.9 Å². The molecule has 1 N–H and O–H groups in total. The van der Waals surface area contributed by atoms with Gasteiger partial charge in [-0.3, -0.25) is 0 Å². The lowest BCUT2D eigenvalue weighted by atomic mass is 10.1. The van der Waals surface area contributed by atoms with Crippen LogP contribution in [0.15, 0.2) is 42.5 Å². The molecule has 0 spiro atoms. The van der Waals surface area contributed by atoms with E-state index in [2.05, 4.69) is 23.5 Å². The average molecular weight is 327 g/mol. The fourth-order valence-corrected chi connectivity index (χ4v) is 2.75.